The Hall–Kier alpha value is -2.17. The summed E-state index contributed by atoms with van der Waals surface area (Å²) in [6, 6.07) is 3.90. The summed E-state index contributed by atoms with van der Waals surface area (Å²) in [5.74, 6) is -0.561. The number of furan rings is 1. The van der Waals surface area contributed by atoms with Crippen LogP contribution in [0.5, 0.6) is 0 Å². The number of thiophene rings is 1. The monoisotopic (exact) mass is 411 g/mol. The maximum absolute atomic E-state index is 12.5. The second-order valence-corrected chi connectivity index (χ2v) is 9.25. The van der Waals surface area contributed by atoms with Crippen molar-refractivity contribution in [2.24, 2.45) is 0 Å². The van der Waals surface area contributed by atoms with Gasteiger partial charge in [0.25, 0.3) is 5.91 Å². The van der Waals surface area contributed by atoms with Crippen LogP contribution in [0.3, 0.4) is 0 Å². The van der Waals surface area contributed by atoms with Crippen LogP contribution in [0.1, 0.15) is 30.1 Å². The lowest BCUT2D eigenvalue weighted by Gasteiger charge is -2.33. The van der Waals surface area contributed by atoms with Crippen molar-refractivity contribution in [2.45, 2.75) is 36.1 Å². The summed E-state index contributed by atoms with van der Waals surface area (Å²) in [4.78, 5) is 26.2. The number of piperidine rings is 1. The summed E-state index contributed by atoms with van der Waals surface area (Å²) < 4.78 is 32.4. The quantitative estimate of drug-likeness (QED) is 0.747. The third kappa shape index (κ3) is 4.76. The molecular weight excluding hydrogens is 390 g/mol. The molecule has 0 radical (unpaired) electrons. The van der Waals surface area contributed by atoms with E-state index in [1.807, 2.05) is 0 Å². The number of rotatable bonds is 6. The van der Waals surface area contributed by atoms with E-state index in [-0.39, 0.29) is 22.1 Å². The van der Waals surface area contributed by atoms with Gasteiger partial charge >= 0.3 is 0 Å². The average molecular weight is 412 g/mol. The van der Waals surface area contributed by atoms with Gasteiger partial charge in [0.2, 0.25) is 15.9 Å². The maximum Gasteiger partial charge on any atom is 0.255 e. The van der Waals surface area contributed by atoms with Crippen LogP contribution in [0, 0.1) is 0 Å². The van der Waals surface area contributed by atoms with Crippen LogP contribution in [0.25, 0.3) is 0 Å². The zero-order valence-corrected chi connectivity index (χ0v) is 16.4. The van der Waals surface area contributed by atoms with Crippen LogP contribution in [-0.4, -0.2) is 50.3 Å². The highest BCUT2D eigenvalue weighted by molar-refractivity contribution is 7.91. The molecule has 1 aliphatic heterocycles. The second-order valence-electron chi connectivity index (χ2n) is 6.36. The minimum absolute atomic E-state index is 0.189. The Morgan fingerprint density at radius 3 is 2.63 bits per heavy atom. The number of hydrogen-bond donors (Lipinski definition) is 2. The van der Waals surface area contributed by atoms with E-state index < -0.39 is 16.1 Å². The van der Waals surface area contributed by atoms with Gasteiger partial charge in [-0.2, -0.15) is 0 Å². The van der Waals surface area contributed by atoms with Crippen molar-refractivity contribution in [3.8, 4) is 0 Å². The van der Waals surface area contributed by atoms with Crippen LogP contribution < -0.4 is 10.0 Å². The molecule has 2 aromatic heterocycles. The van der Waals surface area contributed by atoms with Gasteiger partial charge in [0.15, 0.2) is 0 Å². The molecule has 3 heterocycles. The molecule has 1 saturated heterocycles. The van der Waals surface area contributed by atoms with Gasteiger partial charge in [-0.05, 0) is 37.3 Å². The first kappa shape index (κ1) is 19.6. The number of carbonyl (C=O) groups is 2. The summed E-state index contributed by atoms with van der Waals surface area (Å²) in [5.41, 5.74) is 0.358. The van der Waals surface area contributed by atoms with Crippen molar-refractivity contribution < 1.29 is 22.4 Å². The van der Waals surface area contributed by atoms with Gasteiger partial charge in [0.1, 0.15) is 16.5 Å². The SMILES string of the molecule is CC(NC(=O)c1ccoc1)C(=O)N1CCC(NS(=O)(=O)c2cccs2)CC1. The highest BCUT2D eigenvalue weighted by Gasteiger charge is 2.29. The molecule has 146 valence electrons. The maximum atomic E-state index is 12.5. The fourth-order valence-corrected chi connectivity index (χ4v) is 5.24. The molecule has 0 aliphatic carbocycles. The van der Waals surface area contributed by atoms with Crippen LogP contribution in [-0.2, 0) is 14.8 Å². The zero-order chi connectivity index (χ0) is 19.4. The molecule has 27 heavy (non-hydrogen) atoms. The molecule has 1 aliphatic rings. The number of nitrogens with one attached hydrogen (secondary N) is 2. The topological polar surface area (TPSA) is 109 Å². The van der Waals surface area contributed by atoms with E-state index in [0.717, 1.165) is 0 Å². The number of sulfonamides is 1. The Bertz CT molecular complexity index is 870. The molecule has 0 aromatic carbocycles. The van der Waals surface area contributed by atoms with E-state index >= 15 is 0 Å². The molecule has 2 aromatic rings. The van der Waals surface area contributed by atoms with Crippen LogP contribution in [0.4, 0.5) is 0 Å². The first-order chi connectivity index (χ1) is 12.9. The summed E-state index contributed by atoms with van der Waals surface area (Å²) in [7, 11) is -3.51. The van der Waals surface area contributed by atoms with Gasteiger partial charge in [-0.1, -0.05) is 6.07 Å². The Morgan fingerprint density at radius 1 is 1.30 bits per heavy atom. The lowest BCUT2D eigenvalue weighted by Crippen LogP contribution is -2.52. The van der Waals surface area contributed by atoms with Crippen molar-refractivity contribution in [3.63, 3.8) is 0 Å². The third-order valence-corrected chi connectivity index (χ3v) is 7.31. The molecule has 1 unspecified atom stereocenters. The van der Waals surface area contributed by atoms with E-state index in [0.29, 0.717) is 31.5 Å². The van der Waals surface area contributed by atoms with Crippen LogP contribution >= 0.6 is 11.3 Å². The Labute approximate surface area is 161 Å². The van der Waals surface area contributed by atoms with E-state index in [9.17, 15) is 18.0 Å². The van der Waals surface area contributed by atoms with E-state index in [4.69, 9.17) is 4.42 Å². The highest BCUT2D eigenvalue weighted by Crippen LogP contribution is 2.19. The molecule has 0 bridgehead atoms. The molecule has 0 spiro atoms. The summed E-state index contributed by atoms with van der Waals surface area (Å²) >= 11 is 1.17. The first-order valence-electron chi connectivity index (χ1n) is 8.54. The lowest BCUT2D eigenvalue weighted by molar-refractivity contribution is -0.133. The molecule has 2 N–H and O–H groups in total. The minimum Gasteiger partial charge on any atom is -0.472 e. The van der Waals surface area contributed by atoms with Crippen LogP contribution in [0.15, 0.2) is 44.7 Å². The molecule has 1 atom stereocenters. The third-order valence-electron chi connectivity index (χ3n) is 4.39. The van der Waals surface area contributed by atoms with Gasteiger partial charge in [0.05, 0.1) is 11.8 Å². The normalized spacial score (nSPS) is 16.9. The summed E-state index contributed by atoms with van der Waals surface area (Å²) in [5, 5.41) is 4.36. The van der Waals surface area contributed by atoms with E-state index in [1.54, 1.807) is 29.3 Å². The predicted octanol–water partition coefficient (Wildman–Crippen LogP) is 1.43. The minimum atomic E-state index is -3.51. The number of nitrogens with zero attached hydrogens (tertiary/aromatic N) is 1. The van der Waals surface area contributed by atoms with Crippen molar-refractivity contribution in [1.82, 2.24) is 14.9 Å². The van der Waals surface area contributed by atoms with Gasteiger partial charge in [-0.25, -0.2) is 13.1 Å². The van der Waals surface area contributed by atoms with Crippen molar-refractivity contribution in [2.75, 3.05) is 13.1 Å². The number of hydrogen-bond acceptors (Lipinski definition) is 6. The summed E-state index contributed by atoms with van der Waals surface area (Å²) in [6.07, 6.45) is 3.76. The second kappa shape index (κ2) is 8.24. The zero-order valence-electron chi connectivity index (χ0n) is 14.8. The van der Waals surface area contributed by atoms with Crippen molar-refractivity contribution in [3.05, 3.63) is 41.7 Å². The highest BCUT2D eigenvalue weighted by atomic mass is 32.2. The summed E-state index contributed by atoms with van der Waals surface area (Å²) in [6.45, 7) is 2.50. The largest absolute Gasteiger partial charge is 0.472 e. The van der Waals surface area contributed by atoms with Crippen LogP contribution in [0.2, 0.25) is 0 Å². The Kier molecular flexibility index (Phi) is 5.98. The average Bonchev–Trinajstić information content (AvgIpc) is 3.35. The lowest BCUT2D eigenvalue weighted by atomic mass is 10.1. The van der Waals surface area contributed by atoms with E-state index in [2.05, 4.69) is 10.0 Å². The first-order valence-corrected chi connectivity index (χ1v) is 10.9. The van der Waals surface area contributed by atoms with Crippen molar-refractivity contribution in [1.29, 1.82) is 0 Å². The smallest absolute Gasteiger partial charge is 0.255 e. The number of likely N-dealkylation sites (tertiary alicyclic amines) is 1. The molecule has 3 rings (SSSR count). The molecule has 1 fully saturated rings. The molecule has 0 saturated carbocycles. The fourth-order valence-electron chi connectivity index (χ4n) is 2.92. The van der Waals surface area contributed by atoms with Gasteiger partial charge in [-0.3, -0.25) is 9.59 Å². The fraction of sp³-hybridized carbons (Fsp3) is 0.412. The molecule has 10 heteroatoms. The van der Waals surface area contributed by atoms with Gasteiger partial charge < -0.3 is 14.6 Å². The standard InChI is InChI=1S/C17H21N3O5S2/c1-12(18-16(21)13-6-9-25-11-13)17(22)20-7-4-14(5-8-20)19-27(23,24)15-3-2-10-26-15/h2-3,6,9-12,14,19H,4-5,7-8H2,1H3,(H,18,21). The molecule has 2 amide bonds. The number of carbonyl (C=O) groups excluding carboxylic acids is 2. The molecular formula is C17H21N3O5S2. The van der Waals surface area contributed by atoms with E-state index in [1.165, 1.54) is 29.9 Å². The van der Waals surface area contributed by atoms with Gasteiger partial charge in [-0.15, -0.1) is 11.3 Å². The Balaban J connectivity index is 1.49. The van der Waals surface area contributed by atoms with Crippen molar-refractivity contribution >= 4 is 33.2 Å². The number of amides is 2. The Morgan fingerprint density at radius 2 is 2.04 bits per heavy atom. The van der Waals surface area contributed by atoms with Gasteiger partial charge in [0, 0.05) is 19.1 Å². The molecule has 8 nitrogen and oxygen atoms in total. The predicted molar refractivity (Wildman–Crippen MR) is 99.9 cm³/mol.